The molecule has 4 nitrogen and oxygen atoms in total. The molecule has 0 spiro atoms. The van der Waals surface area contributed by atoms with Crippen LogP contribution in [0.4, 0.5) is 0 Å². The van der Waals surface area contributed by atoms with Crippen molar-refractivity contribution in [1.29, 1.82) is 0 Å². The smallest absolute Gasteiger partial charge is 0.422 e. The summed E-state index contributed by atoms with van der Waals surface area (Å²) in [5.74, 6) is 0. The van der Waals surface area contributed by atoms with Crippen LogP contribution in [0.1, 0.15) is 33.3 Å². The van der Waals surface area contributed by atoms with E-state index in [9.17, 15) is 10.1 Å². The van der Waals surface area contributed by atoms with Gasteiger partial charge in [0.15, 0.2) is 0 Å². The van der Waals surface area contributed by atoms with Crippen molar-refractivity contribution in [2.24, 2.45) is 0 Å². The van der Waals surface area contributed by atoms with Gasteiger partial charge in [0.05, 0.1) is 11.2 Å². The molecule has 0 unspecified atom stereocenters. The Hall–Kier alpha value is -1.30. The van der Waals surface area contributed by atoms with E-state index >= 15 is 0 Å². The van der Waals surface area contributed by atoms with Gasteiger partial charge in [0.25, 0.3) is 0 Å². The predicted octanol–water partition coefficient (Wildman–Crippen LogP) is 1.73. The Morgan fingerprint density at radius 2 is 1.85 bits per heavy atom. The normalized spacial score (nSPS) is 12.9. The number of aliphatic hydroxyl groups is 1. The summed E-state index contributed by atoms with van der Waals surface area (Å²) in [5.41, 5.74) is 0.753. The van der Waals surface area contributed by atoms with Gasteiger partial charge in [-0.15, -0.1) is 0 Å². The fourth-order valence-corrected chi connectivity index (χ4v) is 1.95. The molecule has 2 aromatic rings. The standard InChI is InChI=1S/C15H22BNO3/c1-10-7-6-8-12-11(10)9-13(17-12)16(19)20-15(4,5)14(2,3)18/h6-9,17-19H,1-5H3. The number of aryl methyl sites for hydroxylation is 1. The van der Waals surface area contributed by atoms with Crippen molar-refractivity contribution in [3.8, 4) is 0 Å². The molecule has 0 aliphatic heterocycles. The molecule has 20 heavy (non-hydrogen) atoms. The first kappa shape index (κ1) is 15.1. The van der Waals surface area contributed by atoms with E-state index in [1.165, 1.54) is 0 Å². The molecule has 0 aliphatic carbocycles. The fraction of sp³-hybridized carbons (Fsp3) is 0.467. The Morgan fingerprint density at radius 1 is 1.20 bits per heavy atom. The molecule has 0 amide bonds. The summed E-state index contributed by atoms with van der Waals surface area (Å²) in [5, 5.41) is 21.4. The Kier molecular flexibility index (Phi) is 3.71. The van der Waals surface area contributed by atoms with Gasteiger partial charge >= 0.3 is 7.12 Å². The number of fused-ring (bicyclic) bond motifs is 1. The second kappa shape index (κ2) is 4.92. The van der Waals surface area contributed by atoms with Gasteiger partial charge in [-0.25, -0.2) is 0 Å². The first-order valence-corrected chi connectivity index (χ1v) is 6.78. The maximum Gasteiger partial charge on any atom is 0.508 e. The summed E-state index contributed by atoms with van der Waals surface area (Å²) in [7, 11) is -1.11. The summed E-state index contributed by atoms with van der Waals surface area (Å²) < 4.78 is 5.63. The van der Waals surface area contributed by atoms with Gasteiger partial charge in [-0.1, -0.05) is 12.1 Å². The average molecular weight is 275 g/mol. The lowest BCUT2D eigenvalue weighted by molar-refractivity contribution is -0.0983. The number of hydrogen-bond acceptors (Lipinski definition) is 3. The number of H-pyrrole nitrogens is 1. The third kappa shape index (κ3) is 2.75. The molecule has 1 aromatic heterocycles. The number of benzene rings is 1. The third-order valence-corrected chi connectivity index (χ3v) is 4.05. The van der Waals surface area contributed by atoms with E-state index in [2.05, 4.69) is 4.98 Å². The van der Waals surface area contributed by atoms with Crippen molar-refractivity contribution in [1.82, 2.24) is 4.98 Å². The summed E-state index contributed by atoms with van der Waals surface area (Å²) in [6.45, 7) is 8.85. The predicted molar refractivity (Wildman–Crippen MR) is 82.1 cm³/mol. The molecular weight excluding hydrogens is 253 g/mol. The number of aromatic amines is 1. The average Bonchev–Trinajstić information content (AvgIpc) is 2.72. The van der Waals surface area contributed by atoms with E-state index in [0.717, 1.165) is 16.5 Å². The van der Waals surface area contributed by atoms with Crippen molar-refractivity contribution in [2.75, 3.05) is 0 Å². The monoisotopic (exact) mass is 275 g/mol. The summed E-state index contributed by atoms with van der Waals surface area (Å²) in [6.07, 6.45) is 0. The second-order valence-electron chi connectivity index (χ2n) is 6.30. The molecule has 1 heterocycles. The minimum absolute atomic E-state index is 0.589. The molecule has 0 fully saturated rings. The molecule has 2 rings (SSSR count). The highest BCUT2D eigenvalue weighted by Crippen LogP contribution is 2.25. The molecule has 3 N–H and O–H groups in total. The Labute approximate surface area is 119 Å². The molecule has 108 valence electrons. The van der Waals surface area contributed by atoms with Crippen molar-refractivity contribution < 1.29 is 14.8 Å². The highest BCUT2D eigenvalue weighted by Gasteiger charge is 2.39. The number of hydrogen-bond donors (Lipinski definition) is 3. The van der Waals surface area contributed by atoms with Crippen molar-refractivity contribution in [2.45, 2.75) is 45.8 Å². The largest absolute Gasteiger partial charge is 0.508 e. The van der Waals surface area contributed by atoms with Crippen molar-refractivity contribution >= 4 is 23.6 Å². The summed E-state index contributed by atoms with van der Waals surface area (Å²) in [4.78, 5) is 3.15. The van der Waals surface area contributed by atoms with Gasteiger partial charge in [-0.2, -0.15) is 0 Å². The second-order valence-corrected chi connectivity index (χ2v) is 6.30. The summed E-state index contributed by atoms with van der Waals surface area (Å²) >= 11 is 0. The Morgan fingerprint density at radius 3 is 2.40 bits per heavy atom. The molecule has 0 radical (unpaired) electrons. The van der Waals surface area contributed by atoms with Crippen LogP contribution in [-0.2, 0) is 4.65 Å². The Balaban J connectivity index is 2.28. The van der Waals surface area contributed by atoms with Gasteiger partial charge in [-0.3, -0.25) is 0 Å². The molecule has 0 bridgehead atoms. The molecule has 5 heteroatoms. The van der Waals surface area contributed by atoms with Crippen LogP contribution in [0.25, 0.3) is 10.9 Å². The zero-order valence-electron chi connectivity index (χ0n) is 12.7. The van der Waals surface area contributed by atoms with Crippen LogP contribution in [0.15, 0.2) is 24.3 Å². The van der Waals surface area contributed by atoms with Crippen LogP contribution in [0.3, 0.4) is 0 Å². The van der Waals surface area contributed by atoms with Crippen LogP contribution in [0, 0.1) is 6.92 Å². The number of aromatic nitrogens is 1. The van der Waals surface area contributed by atoms with Crippen LogP contribution in [0.2, 0.25) is 0 Å². The number of nitrogens with one attached hydrogen (secondary N) is 1. The van der Waals surface area contributed by atoms with E-state index in [1.807, 2.05) is 31.2 Å². The van der Waals surface area contributed by atoms with E-state index in [-0.39, 0.29) is 0 Å². The van der Waals surface area contributed by atoms with E-state index in [1.54, 1.807) is 27.7 Å². The molecule has 0 atom stereocenters. The lowest BCUT2D eigenvalue weighted by atomic mass is 9.80. The van der Waals surface area contributed by atoms with Crippen molar-refractivity contribution in [3.05, 3.63) is 29.8 Å². The minimum Gasteiger partial charge on any atom is -0.422 e. The maximum absolute atomic E-state index is 10.2. The summed E-state index contributed by atoms with van der Waals surface area (Å²) in [6, 6.07) is 7.83. The van der Waals surface area contributed by atoms with Gasteiger partial charge < -0.3 is 19.8 Å². The lowest BCUT2D eigenvalue weighted by Gasteiger charge is -2.38. The molecule has 1 aromatic carbocycles. The van der Waals surface area contributed by atoms with Crippen LogP contribution in [0.5, 0.6) is 0 Å². The highest BCUT2D eigenvalue weighted by molar-refractivity contribution is 6.59. The molecular formula is C15H22BNO3. The maximum atomic E-state index is 10.2. The van der Waals surface area contributed by atoms with Crippen LogP contribution in [-0.4, -0.2) is 33.4 Å². The van der Waals surface area contributed by atoms with Crippen LogP contribution >= 0.6 is 0 Å². The third-order valence-electron chi connectivity index (χ3n) is 4.05. The molecule has 0 saturated heterocycles. The quantitative estimate of drug-likeness (QED) is 0.744. The van der Waals surface area contributed by atoms with Crippen LogP contribution < -0.4 is 5.59 Å². The topological polar surface area (TPSA) is 65.5 Å². The van der Waals surface area contributed by atoms with E-state index in [4.69, 9.17) is 4.65 Å². The molecule has 0 aliphatic rings. The first-order valence-electron chi connectivity index (χ1n) is 6.78. The van der Waals surface area contributed by atoms with E-state index in [0.29, 0.717) is 5.59 Å². The zero-order valence-corrected chi connectivity index (χ0v) is 12.7. The first-order chi connectivity index (χ1) is 9.12. The van der Waals surface area contributed by atoms with Gasteiger partial charge in [0.2, 0.25) is 0 Å². The highest BCUT2D eigenvalue weighted by atomic mass is 16.5. The Bertz CT molecular complexity index is 613. The van der Waals surface area contributed by atoms with Gasteiger partial charge in [0, 0.05) is 16.5 Å². The van der Waals surface area contributed by atoms with Gasteiger partial charge in [0.1, 0.15) is 0 Å². The minimum atomic E-state index is -1.11. The van der Waals surface area contributed by atoms with E-state index < -0.39 is 18.3 Å². The molecule has 0 saturated carbocycles. The van der Waals surface area contributed by atoms with Crippen molar-refractivity contribution in [3.63, 3.8) is 0 Å². The zero-order chi connectivity index (χ0) is 15.1. The SMILES string of the molecule is Cc1cccc2[nH]c(B(O)OC(C)(C)C(C)(C)O)cc12. The fourth-order valence-electron chi connectivity index (χ4n) is 1.95. The number of rotatable bonds is 4. The van der Waals surface area contributed by atoms with Gasteiger partial charge in [-0.05, 0) is 52.3 Å². The lowest BCUT2D eigenvalue weighted by Crippen LogP contribution is -2.53.